The van der Waals surface area contributed by atoms with Crippen molar-refractivity contribution in [1.29, 1.82) is 5.41 Å². The second kappa shape index (κ2) is 8.25. The van der Waals surface area contributed by atoms with Crippen LogP contribution in [-0.2, 0) is 13.0 Å². The lowest BCUT2D eigenvalue weighted by Gasteiger charge is -2.17. The molecule has 0 aliphatic heterocycles. The summed E-state index contributed by atoms with van der Waals surface area (Å²) < 4.78 is 2.44. The first-order valence-electron chi connectivity index (χ1n) is 8.14. The van der Waals surface area contributed by atoms with Gasteiger partial charge < -0.3 is 15.0 Å². The molecule has 2 rings (SSSR count). The third-order valence-corrected chi connectivity index (χ3v) is 5.12. The van der Waals surface area contributed by atoms with Crippen molar-refractivity contribution < 1.29 is 0 Å². The average Bonchev–Trinajstić information content (AvgIpc) is 2.60. The largest absolute Gasteiger partial charge is 0.316 e. The molecule has 5 nitrogen and oxygen atoms in total. The fourth-order valence-electron chi connectivity index (χ4n) is 2.54. The fourth-order valence-corrected chi connectivity index (χ4v) is 3.08. The summed E-state index contributed by atoms with van der Waals surface area (Å²) >= 11 is 3.59. The molecular formula is C19H22BrN3O2. The zero-order valence-corrected chi connectivity index (χ0v) is 16.2. The van der Waals surface area contributed by atoms with E-state index in [-0.39, 0.29) is 5.71 Å². The lowest BCUT2D eigenvalue weighted by Crippen LogP contribution is -2.40. The van der Waals surface area contributed by atoms with Crippen molar-refractivity contribution in [3.63, 3.8) is 0 Å². The Balaban J connectivity index is 2.68. The van der Waals surface area contributed by atoms with Gasteiger partial charge in [-0.15, -0.1) is 0 Å². The number of aromatic nitrogens is 2. The fraction of sp³-hybridized carbons (Fsp3) is 0.316. The molecule has 0 saturated heterocycles. The van der Waals surface area contributed by atoms with Crippen molar-refractivity contribution in [3.05, 3.63) is 78.0 Å². The summed E-state index contributed by atoms with van der Waals surface area (Å²) in [6.45, 7) is 5.98. The summed E-state index contributed by atoms with van der Waals surface area (Å²) in [7, 11) is 0. The number of H-pyrrole nitrogens is 1. The van der Waals surface area contributed by atoms with Crippen molar-refractivity contribution in [2.24, 2.45) is 0 Å². The van der Waals surface area contributed by atoms with E-state index in [9.17, 15) is 9.59 Å². The van der Waals surface area contributed by atoms with Crippen molar-refractivity contribution >= 4 is 21.6 Å². The molecule has 0 unspecified atom stereocenters. The van der Waals surface area contributed by atoms with E-state index < -0.39 is 11.1 Å². The van der Waals surface area contributed by atoms with Gasteiger partial charge in [0.25, 0.3) is 0 Å². The minimum absolute atomic E-state index is 0.225. The number of halogens is 1. The number of allylic oxidation sites excluding steroid dienone is 2. The van der Waals surface area contributed by atoms with Gasteiger partial charge in [-0.3, -0.25) is 9.59 Å². The molecule has 0 bridgehead atoms. The summed E-state index contributed by atoms with van der Waals surface area (Å²) in [6.07, 6.45) is 1.33. The maximum atomic E-state index is 12.5. The lowest BCUT2D eigenvalue weighted by atomic mass is 10.1. The molecular weight excluding hydrogens is 382 g/mol. The topological polar surface area (TPSA) is 78.7 Å². The molecule has 1 aromatic carbocycles. The van der Waals surface area contributed by atoms with Crippen molar-refractivity contribution in [2.75, 3.05) is 0 Å². The Kier molecular flexibility index (Phi) is 6.31. The molecule has 0 amide bonds. The first-order chi connectivity index (χ1) is 11.8. The van der Waals surface area contributed by atoms with Gasteiger partial charge >= 0.3 is 11.1 Å². The number of benzene rings is 1. The van der Waals surface area contributed by atoms with E-state index in [1.54, 1.807) is 6.92 Å². The van der Waals surface area contributed by atoms with E-state index in [2.05, 4.69) is 27.8 Å². The Morgan fingerprint density at radius 1 is 1.20 bits per heavy atom. The van der Waals surface area contributed by atoms with E-state index >= 15 is 0 Å². The van der Waals surface area contributed by atoms with Crippen LogP contribution >= 0.6 is 15.9 Å². The normalized spacial score (nSPS) is 12.0. The first kappa shape index (κ1) is 19.1. The quantitative estimate of drug-likeness (QED) is 0.570. The Morgan fingerprint density at radius 3 is 2.40 bits per heavy atom. The second-order valence-corrected chi connectivity index (χ2v) is 6.95. The number of hydrogen-bond acceptors (Lipinski definition) is 3. The minimum atomic E-state index is -0.700. The second-order valence-electron chi connectivity index (χ2n) is 5.99. The third kappa shape index (κ3) is 4.45. The van der Waals surface area contributed by atoms with Crippen LogP contribution in [0.4, 0.5) is 0 Å². The highest BCUT2D eigenvalue weighted by molar-refractivity contribution is 9.11. The molecule has 1 aromatic heterocycles. The van der Waals surface area contributed by atoms with E-state index in [4.69, 9.17) is 5.41 Å². The van der Waals surface area contributed by atoms with Crippen LogP contribution in [0, 0.1) is 5.41 Å². The molecule has 0 spiro atoms. The molecule has 0 atom stereocenters. The van der Waals surface area contributed by atoms with Gasteiger partial charge in [0.2, 0.25) is 0 Å². The smallest absolute Gasteiger partial charge is 0.315 e. The van der Waals surface area contributed by atoms with Crippen molar-refractivity contribution in [1.82, 2.24) is 9.55 Å². The molecule has 132 valence electrons. The Hall–Kier alpha value is -2.21. The average molecular weight is 404 g/mol. The van der Waals surface area contributed by atoms with Gasteiger partial charge in [0.15, 0.2) is 0 Å². The summed E-state index contributed by atoms with van der Waals surface area (Å²) in [5, 5.41) is 8.00. The maximum Gasteiger partial charge on any atom is 0.316 e. The van der Waals surface area contributed by atoms with Crippen LogP contribution in [0.5, 0.6) is 0 Å². The van der Waals surface area contributed by atoms with Gasteiger partial charge in [0.05, 0.1) is 23.6 Å². The molecule has 0 radical (unpaired) electrons. The molecule has 0 aliphatic carbocycles. The zero-order chi connectivity index (χ0) is 18.6. The van der Waals surface area contributed by atoms with Crippen LogP contribution in [0.25, 0.3) is 0 Å². The molecule has 1 heterocycles. The molecule has 0 saturated carbocycles. The maximum absolute atomic E-state index is 12.5. The van der Waals surface area contributed by atoms with Crippen LogP contribution in [0.15, 0.2) is 50.0 Å². The molecule has 0 fully saturated rings. The summed E-state index contributed by atoms with van der Waals surface area (Å²) in [4.78, 5) is 27.2. The van der Waals surface area contributed by atoms with Crippen LogP contribution in [0.2, 0.25) is 0 Å². The number of rotatable bonds is 6. The molecule has 2 aromatic rings. The lowest BCUT2D eigenvalue weighted by molar-refractivity contribution is 0.690. The van der Waals surface area contributed by atoms with Crippen LogP contribution in [0.3, 0.4) is 0 Å². The van der Waals surface area contributed by atoms with E-state index in [0.29, 0.717) is 24.4 Å². The summed E-state index contributed by atoms with van der Waals surface area (Å²) in [5.74, 6) is 0. The summed E-state index contributed by atoms with van der Waals surface area (Å²) in [6, 6.07) is 9.52. The van der Waals surface area contributed by atoms with Crippen LogP contribution in [0.1, 0.15) is 44.1 Å². The highest BCUT2D eigenvalue weighted by Gasteiger charge is 2.17. The van der Waals surface area contributed by atoms with Gasteiger partial charge in [0, 0.05) is 6.42 Å². The van der Waals surface area contributed by atoms with Gasteiger partial charge in [-0.2, -0.15) is 0 Å². The Labute approximate surface area is 155 Å². The van der Waals surface area contributed by atoms with Crippen molar-refractivity contribution in [2.45, 2.75) is 40.2 Å². The molecule has 6 heteroatoms. The van der Waals surface area contributed by atoms with E-state index in [1.807, 2.05) is 37.3 Å². The van der Waals surface area contributed by atoms with E-state index in [0.717, 1.165) is 16.5 Å². The van der Waals surface area contributed by atoms with Gasteiger partial charge in [-0.1, -0.05) is 58.8 Å². The number of hydrogen-bond donors (Lipinski definition) is 2. The number of nitrogens with one attached hydrogen (secondary N) is 2. The summed E-state index contributed by atoms with van der Waals surface area (Å²) in [5.41, 5.74) is 2.06. The number of nitrogens with zero attached hydrogens (tertiary/aromatic N) is 1. The number of aromatic amines is 1. The first-order valence-corrected chi connectivity index (χ1v) is 8.94. The SMILES string of the molecule is CCC(C)=C(Br)Cc1c(C(C)=N)[nH]c(=O)c(=O)n1Cc1ccccc1. The van der Waals surface area contributed by atoms with Crippen molar-refractivity contribution in [3.8, 4) is 0 Å². The predicted octanol–water partition coefficient (Wildman–Crippen LogP) is 3.59. The van der Waals surface area contributed by atoms with Gasteiger partial charge in [-0.25, -0.2) is 0 Å². The van der Waals surface area contributed by atoms with Gasteiger partial charge in [-0.05, 0) is 30.3 Å². The third-order valence-electron chi connectivity index (χ3n) is 4.17. The van der Waals surface area contributed by atoms with E-state index in [1.165, 1.54) is 10.1 Å². The molecule has 0 aliphatic rings. The Morgan fingerprint density at radius 2 is 1.84 bits per heavy atom. The van der Waals surface area contributed by atoms with Gasteiger partial charge in [0.1, 0.15) is 0 Å². The molecule has 2 N–H and O–H groups in total. The highest BCUT2D eigenvalue weighted by Crippen LogP contribution is 2.21. The minimum Gasteiger partial charge on any atom is -0.315 e. The Bertz CT molecular complexity index is 924. The monoisotopic (exact) mass is 403 g/mol. The zero-order valence-electron chi connectivity index (χ0n) is 14.6. The highest BCUT2D eigenvalue weighted by atomic mass is 79.9. The molecule has 25 heavy (non-hydrogen) atoms. The van der Waals surface area contributed by atoms with Crippen LogP contribution in [-0.4, -0.2) is 15.3 Å². The predicted molar refractivity (Wildman–Crippen MR) is 105 cm³/mol. The standard InChI is InChI=1S/C19H22BrN3O2/c1-4-12(2)15(20)10-16-17(13(3)21)22-18(24)19(25)23(16)11-14-8-6-5-7-9-14/h5-9,21H,4,10-11H2,1-3H3,(H,22,24). The van der Waals surface area contributed by atoms with Crippen LogP contribution < -0.4 is 11.1 Å².